The van der Waals surface area contributed by atoms with Crippen molar-refractivity contribution in [3.63, 3.8) is 0 Å². The van der Waals surface area contributed by atoms with Crippen LogP contribution in [-0.4, -0.2) is 27.4 Å². The molecule has 0 spiro atoms. The molecule has 0 aromatic heterocycles. The lowest BCUT2D eigenvalue weighted by Crippen LogP contribution is -2.04. The molecular weight excluding hydrogens is 464 g/mol. The molecule has 2 aromatic carbocycles. The van der Waals surface area contributed by atoms with Gasteiger partial charge in [-0.25, -0.2) is 0 Å². The molecule has 0 unspecified atom stereocenters. The molecule has 0 aliphatic carbocycles. The lowest BCUT2D eigenvalue weighted by molar-refractivity contribution is 0.252. The van der Waals surface area contributed by atoms with Gasteiger partial charge in [0, 0.05) is 10.7 Å². The Kier molecular flexibility index (Phi) is 9.12. The number of ether oxygens (including phenoxy) is 4. The van der Waals surface area contributed by atoms with E-state index >= 15 is 0 Å². The van der Waals surface area contributed by atoms with Gasteiger partial charge in [-0.1, -0.05) is 44.0 Å². The maximum absolute atomic E-state index is 5.83. The standard InChI is InChI=1S/C20H24Br2O4/c1-23-19-11-15(13-21)5-7-17(19)25-9-3-4-10-26-18-8-6-16(14-22)12-20(18)24-2/h5-8,11-12H,3-4,9-10,13-14H2,1-2H3. The summed E-state index contributed by atoms with van der Waals surface area (Å²) in [5, 5.41) is 1.59. The SMILES string of the molecule is COc1cc(CBr)ccc1OCCCCOc1ccc(CBr)cc1OC. The second-order valence-corrected chi connectivity index (χ2v) is 6.76. The van der Waals surface area contributed by atoms with Crippen molar-refractivity contribution >= 4 is 31.9 Å². The first-order chi connectivity index (χ1) is 12.7. The zero-order valence-electron chi connectivity index (χ0n) is 15.1. The predicted molar refractivity (Wildman–Crippen MR) is 111 cm³/mol. The van der Waals surface area contributed by atoms with Gasteiger partial charge in [-0.15, -0.1) is 0 Å². The lowest BCUT2D eigenvalue weighted by atomic mass is 10.2. The fourth-order valence-electron chi connectivity index (χ4n) is 2.40. The maximum Gasteiger partial charge on any atom is 0.161 e. The third-order valence-electron chi connectivity index (χ3n) is 3.82. The molecule has 0 bridgehead atoms. The summed E-state index contributed by atoms with van der Waals surface area (Å²) < 4.78 is 22.4. The van der Waals surface area contributed by atoms with Crippen molar-refractivity contribution in [3.05, 3.63) is 47.5 Å². The van der Waals surface area contributed by atoms with Gasteiger partial charge >= 0.3 is 0 Å². The van der Waals surface area contributed by atoms with Gasteiger partial charge in [0.2, 0.25) is 0 Å². The van der Waals surface area contributed by atoms with E-state index in [9.17, 15) is 0 Å². The van der Waals surface area contributed by atoms with E-state index in [1.165, 1.54) is 0 Å². The lowest BCUT2D eigenvalue weighted by Gasteiger charge is -2.13. The molecule has 0 amide bonds. The van der Waals surface area contributed by atoms with Crippen LogP contribution in [0.2, 0.25) is 0 Å². The van der Waals surface area contributed by atoms with Gasteiger partial charge in [-0.2, -0.15) is 0 Å². The summed E-state index contributed by atoms with van der Waals surface area (Å²) >= 11 is 6.88. The van der Waals surface area contributed by atoms with Crippen molar-refractivity contribution in [3.8, 4) is 23.0 Å². The Labute approximate surface area is 172 Å². The maximum atomic E-state index is 5.83. The number of methoxy groups -OCH3 is 2. The molecule has 2 aromatic rings. The zero-order valence-corrected chi connectivity index (χ0v) is 18.3. The second-order valence-electron chi connectivity index (χ2n) is 5.64. The van der Waals surface area contributed by atoms with Crippen LogP contribution < -0.4 is 18.9 Å². The first kappa shape index (κ1) is 20.9. The minimum Gasteiger partial charge on any atom is -0.493 e. The molecule has 6 heteroatoms. The van der Waals surface area contributed by atoms with E-state index in [0.29, 0.717) is 13.2 Å². The quantitative estimate of drug-likeness (QED) is 0.299. The highest BCUT2D eigenvalue weighted by molar-refractivity contribution is 9.08. The third-order valence-corrected chi connectivity index (χ3v) is 5.11. The van der Waals surface area contributed by atoms with Crippen molar-refractivity contribution in [1.82, 2.24) is 0 Å². The molecule has 0 saturated heterocycles. The fraction of sp³-hybridized carbons (Fsp3) is 0.400. The van der Waals surface area contributed by atoms with Gasteiger partial charge < -0.3 is 18.9 Å². The van der Waals surface area contributed by atoms with Crippen molar-refractivity contribution in [2.45, 2.75) is 23.5 Å². The molecule has 4 nitrogen and oxygen atoms in total. The molecule has 26 heavy (non-hydrogen) atoms. The highest BCUT2D eigenvalue weighted by Crippen LogP contribution is 2.30. The van der Waals surface area contributed by atoms with Crippen molar-refractivity contribution in [2.75, 3.05) is 27.4 Å². The number of benzene rings is 2. The van der Waals surface area contributed by atoms with E-state index < -0.39 is 0 Å². The summed E-state index contributed by atoms with van der Waals surface area (Å²) in [7, 11) is 3.31. The summed E-state index contributed by atoms with van der Waals surface area (Å²) in [5.74, 6) is 3.06. The van der Waals surface area contributed by atoms with Gasteiger partial charge in [-0.05, 0) is 48.2 Å². The number of rotatable bonds is 11. The number of alkyl halides is 2. The Morgan fingerprint density at radius 1 is 0.654 bits per heavy atom. The number of hydrogen-bond donors (Lipinski definition) is 0. The van der Waals surface area contributed by atoms with Gasteiger partial charge in [0.15, 0.2) is 23.0 Å². The smallest absolute Gasteiger partial charge is 0.161 e. The van der Waals surface area contributed by atoms with Crippen LogP contribution in [0.3, 0.4) is 0 Å². The summed E-state index contributed by atoms with van der Waals surface area (Å²) in [6, 6.07) is 11.9. The number of unbranched alkanes of at least 4 members (excludes halogenated alkanes) is 1. The van der Waals surface area contributed by atoms with E-state index in [1.54, 1.807) is 14.2 Å². The average Bonchev–Trinajstić information content (AvgIpc) is 2.70. The fourth-order valence-corrected chi connectivity index (χ4v) is 3.09. The van der Waals surface area contributed by atoms with Crippen molar-refractivity contribution in [2.24, 2.45) is 0 Å². The molecule has 0 heterocycles. The normalized spacial score (nSPS) is 10.5. The summed E-state index contributed by atoms with van der Waals surface area (Å²) in [6.45, 7) is 1.24. The molecule has 0 saturated carbocycles. The van der Waals surface area contributed by atoms with E-state index in [1.807, 2.05) is 36.4 Å². The Balaban J connectivity index is 1.75. The van der Waals surface area contributed by atoms with Gasteiger partial charge in [0.05, 0.1) is 27.4 Å². The van der Waals surface area contributed by atoms with E-state index in [0.717, 1.165) is 57.6 Å². The minimum atomic E-state index is 0.618. The largest absolute Gasteiger partial charge is 0.493 e. The Morgan fingerprint density at radius 3 is 1.42 bits per heavy atom. The van der Waals surface area contributed by atoms with Gasteiger partial charge in [0.1, 0.15) is 0 Å². The van der Waals surface area contributed by atoms with Crippen LogP contribution in [0.1, 0.15) is 24.0 Å². The highest BCUT2D eigenvalue weighted by atomic mass is 79.9. The van der Waals surface area contributed by atoms with Crippen LogP contribution in [0, 0.1) is 0 Å². The first-order valence-corrected chi connectivity index (χ1v) is 10.7. The molecule has 0 fully saturated rings. The molecule has 0 atom stereocenters. The van der Waals surface area contributed by atoms with Crippen LogP contribution in [0.25, 0.3) is 0 Å². The molecule has 142 valence electrons. The van der Waals surface area contributed by atoms with E-state index in [2.05, 4.69) is 31.9 Å². The molecule has 0 aliphatic heterocycles. The van der Waals surface area contributed by atoms with Crippen LogP contribution in [-0.2, 0) is 10.7 Å². The minimum absolute atomic E-state index is 0.618. The third kappa shape index (κ3) is 6.09. The number of halogens is 2. The van der Waals surface area contributed by atoms with Crippen LogP contribution in [0.5, 0.6) is 23.0 Å². The molecule has 0 radical (unpaired) electrons. The topological polar surface area (TPSA) is 36.9 Å². The Morgan fingerprint density at radius 2 is 1.08 bits per heavy atom. The summed E-state index contributed by atoms with van der Waals surface area (Å²) in [5.41, 5.74) is 2.31. The Hall–Kier alpha value is -1.40. The first-order valence-electron chi connectivity index (χ1n) is 8.43. The van der Waals surface area contributed by atoms with Crippen molar-refractivity contribution < 1.29 is 18.9 Å². The van der Waals surface area contributed by atoms with Gasteiger partial charge in [0.25, 0.3) is 0 Å². The molecule has 0 N–H and O–H groups in total. The van der Waals surface area contributed by atoms with E-state index in [4.69, 9.17) is 18.9 Å². The number of hydrogen-bond acceptors (Lipinski definition) is 4. The Bertz CT molecular complexity index is 632. The highest BCUT2D eigenvalue weighted by Gasteiger charge is 2.07. The summed E-state index contributed by atoms with van der Waals surface area (Å²) in [6.07, 6.45) is 1.79. The second kappa shape index (κ2) is 11.3. The van der Waals surface area contributed by atoms with Crippen LogP contribution in [0.15, 0.2) is 36.4 Å². The monoisotopic (exact) mass is 486 g/mol. The van der Waals surface area contributed by atoms with Crippen LogP contribution >= 0.6 is 31.9 Å². The van der Waals surface area contributed by atoms with Crippen molar-refractivity contribution in [1.29, 1.82) is 0 Å². The molecular formula is C20H24Br2O4. The molecule has 2 rings (SSSR count). The predicted octanol–water partition coefficient (Wildman–Crippen LogP) is 5.73. The summed E-state index contributed by atoms with van der Waals surface area (Å²) in [4.78, 5) is 0. The average molecular weight is 488 g/mol. The van der Waals surface area contributed by atoms with Crippen LogP contribution in [0.4, 0.5) is 0 Å². The van der Waals surface area contributed by atoms with Gasteiger partial charge in [-0.3, -0.25) is 0 Å². The van der Waals surface area contributed by atoms with E-state index in [-0.39, 0.29) is 0 Å². The zero-order chi connectivity index (χ0) is 18.8. The molecule has 0 aliphatic rings.